The highest BCUT2D eigenvalue weighted by molar-refractivity contribution is 5.13. The summed E-state index contributed by atoms with van der Waals surface area (Å²) >= 11 is 0. The minimum absolute atomic E-state index is 0.0236. The summed E-state index contributed by atoms with van der Waals surface area (Å²) in [6, 6.07) is 0.0236. The van der Waals surface area contributed by atoms with Crippen molar-refractivity contribution in [2.75, 3.05) is 0 Å². The lowest BCUT2D eigenvalue weighted by Gasteiger charge is -2.03. The normalized spacial score (nSPS) is 12.1. The first-order valence-corrected chi connectivity index (χ1v) is 2.89. The average molecular weight is 123 g/mol. The maximum Gasteiger partial charge on any atom is 0.0261 e. The van der Waals surface area contributed by atoms with E-state index in [-0.39, 0.29) is 6.04 Å². The van der Waals surface area contributed by atoms with Crippen LogP contribution in [0.4, 0.5) is 0 Å². The summed E-state index contributed by atoms with van der Waals surface area (Å²) in [5, 5.41) is 0. The van der Waals surface area contributed by atoms with Crippen LogP contribution in [0.25, 0.3) is 0 Å². The van der Waals surface area contributed by atoms with Crippen LogP contribution in [0, 0.1) is 0 Å². The molecule has 0 aromatic heterocycles. The Balaban J connectivity index is 3.58. The van der Waals surface area contributed by atoms with Gasteiger partial charge in [-0.2, -0.15) is 0 Å². The summed E-state index contributed by atoms with van der Waals surface area (Å²) in [4.78, 5) is 0. The molecule has 0 aliphatic rings. The molecule has 0 aromatic carbocycles. The third-order valence-corrected chi connectivity index (χ3v) is 1.09. The fourth-order valence-corrected chi connectivity index (χ4v) is 0.469. The fraction of sp³-hybridized carbons (Fsp3) is 0.250. The zero-order valence-corrected chi connectivity index (χ0v) is 5.64. The van der Waals surface area contributed by atoms with Gasteiger partial charge in [-0.3, -0.25) is 0 Å². The first-order chi connectivity index (χ1) is 4.20. The lowest BCUT2D eigenvalue weighted by molar-refractivity contribution is 0.818. The highest BCUT2D eigenvalue weighted by atomic mass is 14.6. The average Bonchev–Trinajstić information content (AvgIpc) is 1.87. The molecule has 0 radical (unpaired) electrons. The summed E-state index contributed by atoms with van der Waals surface area (Å²) in [6.07, 6.45) is 4.17. The Morgan fingerprint density at radius 1 is 1.56 bits per heavy atom. The molecule has 9 heavy (non-hydrogen) atoms. The van der Waals surface area contributed by atoms with E-state index in [1.807, 2.05) is 0 Å². The Labute approximate surface area is 56.6 Å². The van der Waals surface area contributed by atoms with Crippen molar-refractivity contribution < 1.29 is 0 Å². The largest absolute Gasteiger partial charge is 0.324 e. The van der Waals surface area contributed by atoms with Crippen LogP contribution in [-0.4, -0.2) is 6.04 Å². The van der Waals surface area contributed by atoms with Gasteiger partial charge >= 0.3 is 0 Å². The molecular formula is C8H13N. The molecule has 2 N–H and O–H groups in total. The molecule has 0 rings (SSSR count). The standard InChI is InChI=1S/C8H13N/c1-4-7(3)6-8(9)5-2/h4-5,8H,1-3,6,9H2. The molecule has 0 aliphatic carbocycles. The van der Waals surface area contributed by atoms with Crippen molar-refractivity contribution in [3.63, 3.8) is 0 Å². The second-order valence-electron chi connectivity index (χ2n) is 1.97. The Morgan fingerprint density at radius 2 is 2.11 bits per heavy atom. The van der Waals surface area contributed by atoms with Crippen LogP contribution in [0.3, 0.4) is 0 Å². The molecule has 0 saturated carbocycles. The highest BCUT2D eigenvalue weighted by Crippen LogP contribution is 2.01. The van der Waals surface area contributed by atoms with Crippen LogP contribution in [0.15, 0.2) is 37.5 Å². The first-order valence-electron chi connectivity index (χ1n) is 2.89. The fourth-order valence-electron chi connectivity index (χ4n) is 0.469. The molecule has 0 fully saturated rings. The van der Waals surface area contributed by atoms with Gasteiger partial charge in [0.2, 0.25) is 0 Å². The summed E-state index contributed by atoms with van der Waals surface area (Å²) in [5.74, 6) is 0. The van der Waals surface area contributed by atoms with Gasteiger partial charge in [-0.05, 0) is 6.42 Å². The van der Waals surface area contributed by atoms with Crippen LogP contribution in [0.2, 0.25) is 0 Å². The van der Waals surface area contributed by atoms with E-state index in [0.29, 0.717) is 0 Å². The SMILES string of the molecule is C=CC(=C)CC(N)C=C. The van der Waals surface area contributed by atoms with E-state index < -0.39 is 0 Å². The minimum atomic E-state index is 0.0236. The van der Waals surface area contributed by atoms with E-state index in [1.165, 1.54) is 0 Å². The summed E-state index contributed by atoms with van der Waals surface area (Å²) in [5.41, 5.74) is 6.48. The molecule has 50 valence electrons. The lowest BCUT2D eigenvalue weighted by atomic mass is 10.1. The molecule has 0 heterocycles. The predicted octanol–water partition coefficient (Wildman–Crippen LogP) is 1.63. The van der Waals surface area contributed by atoms with Gasteiger partial charge < -0.3 is 5.73 Å². The third kappa shape index (κ3) is 3.74. The summed E-state index contributed by atoms with van der Waals surface area (Å²) < 4.78 is 0. The Morgan fingerprint density at radius 3 is 2.44 bits per heavy atom. The molecule has 0 saturated heterocycles. The number of allylic oxidation sites excluding steroid dienone is 1. The molecule has 0 aromatic rings. The van der Waals surface area contributed by atoms with E-state index in [0.717, 1.165) is 12.0 Å². The minimum Gasteiger partial charge on any atom is -0.324 e. The number of nitrogens with two attached hydrogens (primary N) is 1. The molecule has 0 spiro atoms. The maximum absolute atomic E-state index is 5.52. The predicted molar refractivity (Wildman–Crippen MR) is 42.1 cm³/mol. The van der Waals surface area contributed by atoms with E-state index in [4.69, 9.17) is 5.73 Å². The maximum atomic E-state index is 5.52. The van der Waals surface area contributed by atoms with Crippen molar-refractivity contribution in [2.45, 2.75) is 12.5 Å². The van der Waals surface area contributed by atoms with Crippen molar-refractivity contribution in [3.05, 3.63) is 37.5 Å². The second kappa shape index (κ2) is 4.10. The molecular weight excluding hydrogens is 110 g/mol. The number of rotatable bonds is 4. The molecule has 0 bridgehead atoms. The monoisotopic (exact) mass is 123 g/mol. The van der Waals surface area contributed by atoms with Crippen molar-refractivity contribution >= 4 is 0 Å². The molecule has 1 heteroatoms. The lowest BCUT2D eigenvalue weighted by Crippen LogP contribution is -2.16. The Kier molecular flexibility index (Phi) is 3.72. The highest BCUT2D eigenvalue weighted by Gasteiger charge is 1.94. The van der Waals surface area contributed by atoms with E-state index in [2.05, 4.69) is 19.7 Å². The number of hydrogen-bond donors (Lipinski definition) is 1. The Bertz CT molecular complexity index is 125. The zero-order valence-electron chi connectivity index (χ0n) is 5.64. The van der Waals surface area contributed by atoms with Crippen LogP contribution in [0.5, 0.6) is 0 Å². The van der Waals surface area contributed by atoms with Crippen LogP contribution < -0.4 is 5.73 Å². The van der Waals surface area contributed by atoms with Crippen molar-refractivity contribution in [2.24, 2.45) is 5.73 Å². The van der Waals surface area contributed by atoms with Gasteiger partial charge in [0.25, 0.3) is 0 Å². The second-order valence-corrected chi connectivity index (χ2v) is 1.97. The van der Waals surface area contributed by atoms with Crippen LogP contribution >= 0.6 is 0 Å². The Hall–Kier alpha value is -0.820. The van der Waals surface area contributed by atoms with Crippen molar-refractivity contribution in [1.29, 1.82) is 0 Å². The smallest absolute Gasteiger partial charge is 0.0261 e. The molecule has 0 aliphatic heterocycles. The van der Waals surface area contributed by atoms with Gasteiger partial charge in [-0.25, -0.2) is 0 Å². The van der Waals surface area contributed by atoms with E-state index in [1.54, 1.807) is 12.2 Å². The van der Waals surface area contributed by atoms with Gasteiger partial charge in [0, 0.05) is 6.04 Å². The van der Waals surface area contributed by atoms with E-state index >= 15 is 0 Å². The van der Waals surface area contributed by atoms with Gasteiger partial charge in [0.15, 0.2) is 0 Å². The summed E-state index contributed by atoms with van der Waals surface area (Å²) in [6.45, 7) is 10.8. The summed E-state index contributed by atoms with van der Waals surface area (Å²) in [7, 11) is 0. The van der Waals surface area contributed by atoms with Crippen LogP contribution in [0.1, 0.15) is 6.42 Å². The number of hydrogen-bond acceptors (Lipinski definition) is 1. The molecule has 1 unspecified atom stereocenters. The van der Waals surface area contributed by atoms with Crippen molar-refractivity contribution in [1.82, 2.24) is 0 Å². The van der Waals surface area contributed by atoms with Gasteiger partial charge in [0.05, 0.1) is 0 Å². The quantitative estimate of drug-likeness (QED) is 0.446. The van der Waals surface area contributed by atoms with Crippen molar-refractivity contribution in [3.8, 4) is 0 Å². The third-order valence-electron chi connectivity index (χ3n) is 1.09. The zero-order chi connectivity index (χ0) is 7.28. The van der Waals surface area contributed by atoms with Gasteiger partial charge in [-0.15, -0.1) is 6.58 Å². The van der Waals surface area contributed by atoms with Crippen LogP contribution in [-0.2, 0) is 0 Å². The van der Waals surface area contributed by atoms with Gasteiger partial charge in [-0.1, -0.05) is 30.9 Å². The molecule has 1 nitrogen and oxygen atoms in total. The molecule has 1 atom stereocenters. The van der Waals surface area contributed by atoms with E-state index in [9.17, 15) is 0 Å². The molecule has 0 amide bonds. The van der Waals surface area contributed by atoms with Gasteiger partial charge in [0.1, 0.15) is 0 Å². The first kappa shape index (κ1) is 8.18. The topological polar surface area (TPSA) is 26.0 Å².